The van der Waals surface area contributed by atoms with Gasteiger partial charge < -0.3 is 25.0 Å². The highest BCUT2D eigenvalue weighted by Crippen LogP contribution is 2.31. The maximum atomic E-state index is 5.70. The van der Waals surface area contributed by atoms with Gasteiger partial charge in [-0.25, -0.2) is 0 Å². The van der Waals surface area contributed by atoms with Crippen molar-refractivity contribution in [2.45, 2.75) is 6.42 Å². The molecule has 158 valence electrons. The van der Waals surface area contributed by atoms with Gasteiger partial charge in [-0.05, 0) is 36.6 Å². The van der Waals surface area contributed by atoms with Crippen LogP contribution in [-0.2, 0) is 0 Å². The van der Waals surface area contributed by atoms with Crippen LogP contribution in [0.2, 0.25) is 0 Å². The number of guanidine groups is 1. The topological polar surface area (TPSA) is 58.1 Å². The molecule has 29 heavy (non-hydrogen) atoms. The normalized spacial score (nSPS) is 16.1. The molecule has 3 rings (SSSR count). The number of hydrogen-bond donors (Lipinski definition) is 2. The van der Waals surface area contributed by atoms with Crippen LogP contribution in [0.4, 0.5) is 5.69 Å². The summed E-state index contributed by atoms with van der Waals surface area (Å²) in [4.78, 5) is 6.70. The average Bonchev–Trinajstić information content (AvgIpc) is 3.23. The maximum Gasteiger partial charge on any atom is 0.191 e. The van der Waals surface area contributed by atoms with E-state index in [2.05, 4.69) is 32.7 Å². The summed E-state index contributed by atoms with van der Waals surface area (Å²) in [5.41, 5.74) is 1.17. The molecule has 2 aromatic carbocycles. The van der Waals surface area contributed by atoms with Crippen LogP contribution >= 0.6 is 24.0 Å². The zero-order valence-corrected chi connectivity index (χ0v) is 19.5. The van der Waals surface area contributed by atoms with Gasteiger partial charge in [-0.1, -0.05) is 30.3 Å². The predicted molar refractivity (Wildman–Crippen MR) is 130 cm³/mol. The lowest BCUT2D eigenvalue weighted by Crippen LogP contribution is -2.41. The molecule has 1 unspecified atom stereocenters. The highest BCUT2D eigenvalue weighted by atomic mass is 127. The highest BCUT2D eigenvalue weighted by molar-refractivity contribution is 14.0. The Hall–Kier alpha value is -2.16. The van der Waals surface area contributed by atoms with Crippen LogP contribution in [0.1, 0.15) is 6.42 Å². The van der Waals surface area contributed by atoms with Gasteiger partial charge in [-0.15, -0.1) is 24.0 Å². The standard InChI is InChI=1S/C22H30N4O2.HI/c1-23-22(24-13-15-28-19-8-4-3-5-9-19)25-16-18-12-14-26(17-18)20-10-6-7-11-21(20)27-2;/h3-11,18H,12-17H2,1-2H3,(H2,23,24,25);1H. The van der Waals surface area contributed by atoms with Crippen molar-refractivity contribution < 1.29 is 9.47 Å². The van der Waals surface area contributed by atoms with Gasteiger partial charge in [0, 0.05) is 26.7 Å². The number of methoxy groups -OCH3 is 1. The summed E-state index contributed by atoms with van der Waals surface area (Å²) in [5.74, 6) is 3.21. The molecule has 1 saturated heterocycles. The van der Waals surface area contributed by atoms with E-state index in [0.29, 0.717) is 19.1 Å². The first kappa shape index (κ1) is 23.1. The van der Waals surface area contributed by atoms with Gasteiger partial charge in [-0.3, -0.25) is 4.99 Å². The predicted octanol–water partition coefficient (Wildman–Crippen LogP) is 3.38. The quantitative estimate of drug-likeness (QED) is 0.247. The van der Waals surface area contributed by atoms with Crippen molar-refractivity contribution >= 4 is 35.6 Å². The SMILES string of the molecule is CN=C(NCCOc1ccccc1)NCC1CCN(c2ccccc2OC)C1.I. The summed E-state index contributed by atoms with van der Waals surface area (Å²) in [5, 5.41) is 6.74. The van der Waals surface area contributed by atoms with E-state index in [9.17, 15) is 0 Å². The number of benzene rings is 2. The van der Waals surface area contributed by atoms with Crippen molar-refractivity contribution in [1.29, 1.82) is 0 Å². The number of rotatable bonds is 8. The first-order valence-corrected chi connectivity index (χ1v) is 9.80. The fourth-order valence-corrected chi connectivity index (χ4v) is 3.43. The van der Waals surface area contributed by atoms with Gasteiger partial charge in [0.05, 0.1) is 19.3 Å². The fraction of sp³-hybridized carbons (Fsp3) is 0.409. The van der Waals surface area contributed by atoms with E-state index in [0.717, 1.165) is 43.5 Å². The number of hydrogen-bond acceptors (Lipinski definition) is 4. The number of para-hydroxylation sites is 3. The minimum atomic E-state index is 0. The van der Waals surface area contributed by atoms with Gasteiger partial charge in [0.1, 0.15) is 18.1 Å². The van der Waals surface area contributed by atoms with E-state index in [4.69, 9.17) is 9.47 Å². The Bertz CT molecular complexity index is 757. The molecule has 0 spiro atoms. The third-order valence-corrected chi connectivity index (χ3v) is 4.90. The summed E-state index contributed by atoms with van der Waals surface area (Å²) >= 11 is 0. The highest BCUT2D eigenvalue weighted by Gasteiger charge is 2.24. The molecule has 0 saturated carbocycles. The van der Waals surface area contributed by atoms with E-state index in [-0.39, 0.29) is 24.0 Å². The largest absolute Gasteiger partial charge is 0.495 e. The van der Waals surface area contributed by atoms with Crippen molar-refractivity contribution in [1.82, 2.24) is 10.6 Å². The third kappa shape index (κ3) is 6.99. The zero-order valence-electron chi connectivity index (χ0n) is 17.1. The second-order valence-corrected chi connectivity index (χ2v) is 6.81. The third-order valence-electron chi connectivity index (χ3n) is 4.90. The Labute approximate surface area is 190 Å². The monoisotopic (exact) mass is 510 g/mol. The molecule has 0 amide bonds. The molecule has 1 atom stereocenters. The van der Waals surface area contributed by atoms with Crippen LogP contribution in [-0.4, -0.2) is 52.9 Å². The van der Waals surface area contributed by atoms with Crippen LogP contribution in [0.3, 0.4) is 0 Å². The van der Waals surface area contributed by atoms with Crippen LogP contribution in [0.15, 0.2) is 59.6 Å². The molecular formula is C22H31IN4O2. The minimum absolute atomic E-state index is 0. The summed E-state index contributed by atoms with van der Waals surface area (Å²) in [6.07, 6.45) is 1.15. The average molecular weight is 510 g/mol. The van der Waals surface area contributed by atoms with Crippen LogP contribution < -0.4 is 25.0 Å². The van der Waals surface area contributed by atoms with E-state index >= 15 is 0 Å². The molecule has 2 aromatic rings. The van der Waals surface area contributed by atoms with Gasteiger partial charge in [0.2, 0.25) is 0 Å². The fourth-order valence-electron chi connectivity index (χ4n) is 3.43. The number of nitrogens with one attached hydrogen (secondary N) is 2. The number of nitrogens with zero attached hydrogens (tertiary/aromatic N) is 2. The number of ether oxygens (including phenoxy) is 2. The Balaban J connectivity index is 0.00000300. The Morgan fingerprint density at radius 3 is 2.62 bits per heavy atom. The molecule has 0 radical (unpaired) electrons. The first-order chi connectivity index (χ1) is 13.8. The van der Waals surface area contributed by atoms with E-state index in [1.54, 1.807) is 14.2 Å². The lowest BCUT2D eigenvalue weighted by molar-refractivity contribution is 0.322. The number of anilines is 1. The minimum Gasteiger partial charge on any atom is -0.495 e. The molecule has 0 bridgehead atoms. The van der Waals surface area contributed by atoms with Crippen LogP contribution in [0, 0.1) is 5.92 Å². The second kappa shape index (κ2) is 12.4. The van der Waals surface area contributed by atoms with Crippen molar-refractivity contribution in [3.05, 3.63) is 54.6 Å². The van der Waals surface area contributed by atoms with E-state index < -0.39 is 0 Å². The number of halogens is 1. The van der Waals surface area contributed by atoms with Gasteiger partial charge in [0.25, 0.3) is 0 Å². The number of aliphatic imine (C=N–C) groups is 1. The van der Waals surface area contributed by atoms with Crippen LogP contribution in [0.25, 0.3) is 0 Å². The van der Waals surface area contributed by atoms with Crippen molar-refractivity contribution in [3.8, 4) is 11.5 Å². The Kier molecular flexibility index (Phi) is 9.90. The lowest BCUT2D eigenvalue weighted by Gasteiger charge is -2.21. The van der Waals surface area contributed by atoms with Gasteiger partial charge in [0.15, 0.2) is 5.96 Å². The Morgan fingerprint density at radius 2 is 1.86 bits per heavy atom. The molecular weight excluding hydrogens is 479 g/mol. The van der Waals surface area contributed by atoms with Crippen LogP contribution in [0.5, 0.6) is 11.5 Å². The summed E-state index contributed by atoms with van der Waals surface area (Å²) < 4.78 is 11.2. The maximum absolute atomic E-state index is 5.70. The molecule has 1 heterocycles. The Morgan fingerprint density at radius 1 is 1.10 bits per heavy atom. The lowest BCUT2D eigenvalue weighted by atomic mass is 10.1. The zero-order chi connectivity index (χ0) is 19.6. The summed E-state index contributed by atoms with van der Waals surface area (Å²) in [7, 11) is 3.52. The van der Waals surface area contributed by atoms with E-state index in [1.807, 2.05) is 42.5 Å². The van der Waals surface area contributed by atoms with Crippen molar-refractivity contribution in [2.75, 3.05) is 51.8 Å². The van der Waals surface area contributed by atoms with Gasteiger partial charge in [-0.2, -0.15) is 0 Å². The van der Waals surface area contributed by atoms with Gasteiger partial charge >= 0.3 is 0 Å². The molecule has 2 N–H and O–H groups in total. The molecule has 6 nitrogen and oxygen atoms in total. The van der Waals surface area contributed by atoms with Crippen molar-refractivity contribution in [2.24, 2.45) is 10.9 Å². The molecule has 1 aliphatic rings. The summed E-state index contributed by atoms with van der Waals surface area (Å²) in [6.45, 7) is 4.25. The summed E-state index contributed by atoms with van der Waals surface area (Å²) in [6, 6.07) is 18.1. The molecule has 0 aromatic heterocycles. The molecule has 7 heteroatoms. The second-order valence-electron chi connectivity index (χ2n) is 6.81. The van der Waals surface area contributed by atoms with Crippen molar-refractivity contribution in [3.63, 3.8) is 0 Å². The molecule has 1 fully saturated rings. The first-order valence-electron chi connectivity index (χ1n) is 9.80. The van der Waals surface area contributed by atoms with E-state index in [1.165, 1.54) is 5.69 Å². The molecule has 0 aliphatic carbocycles. The smallest absolute Gasteiger partial charge is 0.191 e. The molecule has 1 aliphatic heterocycles.